The van der Waals surface area contributed by atoms with Gasteiger partial charge in [-0.2, -0.15) is 0 Å². The van der Waals surface area contributed by atoms with Crippen LogP contribution in [0.3, 0.4) is 0 Å². The second kappa shape index (κ2) is 8.89. The standard InChI is InChI=1S/C28H26ClN3O7/c1-4-28(37)17-7-21-25-15(9-32(21)26(35)16(17)10-39-27(28)36)24-19(30-22(34)11-38-13(3)33)6-5-14-12(2)18(29)8-20(31-25)23(14)24/h7-8,19,37H,4-6,9-11H2,1-3H3,(H,30,34)/t19-,28-/m0/s1. The molecule has 0 spiro atoms. The number of cyclic esters (lactones) is 1. The summed E-state index contributed by atoms with van der Waals surface area (Å²) < 4.78 is 11.6. The number of ether oxygens (including phenoxy) is 2. The van der Waals surface area contributed by atoms with Gasteiger partial charge in [0, 0.05) is 28.5 Å². The summed E-state index contributed by atoms with van der Waals surface area (Å²) in [5.41, 5.74) is 3.38. The average Bonchev–Trinajstić information content (AvgIpc) is 3.27. The molecule has 11 heteroatoms. The van der Waals surface area contributed by atoms with Crippen LogP contribution in [-0.2, 0) is 49.0 Å². The molecule has 3 aromatic rings. The fourth-order valence-electron chi connectivity index (χ4n) is 6.10. The van der Waals surface area contributed by atoms with Crippen molar-refractivity contribution in [3.8, 4) is 11.4 Å². The van der Waals surface area contributed by atoms with Gasteiger partial charge in [-0.05, 0) is 55.0 Å². The van der Waals surface area contributed by atoms with Crippen molar-refractivity contribution in [1.82, 2.24) is 14.9 Å². The third kappa shape index (κ3) is 3.69. The maximum Gasteiger partial charge on any atom is 0.343 e. The molecular weight excluding hydrogens is 526 g/mol. The topological polar surface area (TPSA) is 137 Å². The minimum atomic E-state index is -1.93. The number of nitrogens with one attached hydrogen (secondary N) is 1. The predicted molar refractivity (Wildman–Crippen MR) is 140 cm³/mol. The number of aliphatic hydroxyl groups is 1. The van der Waals surface area contributed by atoms with Crippen molar-refractivity contribution in [2.45, 2.75) is 64.8 Å². The van der Waals surface area contributed by atoms with Crippen LogP contribution in [0.5, 0.6) is 0 Å². The van der Waals surface area contributed by atoms with E-state index in [1.165, 1.54) is 6.92 Å². The van der Waals surface area contributed by atoms with Crippen LogP contribution in [0.15, 0.2) is 16.9 Å². The maximum atomic E-state index is 13.7. The molecule has 3 aliphatic rings. The van der Waals surface area contributed by atoms with Crippen LogP contribution < -0.4 is 10.9 Å². The van der Waals surface area contributed by atoms with Gasteiger partial charge in [-0.1, -0.05) is 18.5 Å². The molecular formula is C28H26ClN3O7. The molecule has 1 aliphatic carbocycles. The molecule has 0 radical (unpaired) electrons. The lowest BCUT2D eigenvalue weighted by molar-refractivity contribution is -0.172. The molecule has 2 aliphatic heterocycles. The Balaban J connectivity index is 1.58. The number of pyridine rings is 2. The molecule has 0 fully saturated rings. The Morgan fingerprint density at radius 2 is 2.05 bits per heavy atom. The first-order valence-electron chi connectivity index (χ1n) is 12.8. The molecule has 202 valence electrons. The number of carbonyl (C=O) groups excluding carboxylic acids is 3. The molecule has 0 unspecified atom stereocenters. The quantitative estimate of drug-likeness (QED) is 0.369. The molecule has 1 aromatic carbocycles. The summed E-state index contributed by atoms with van der Waals surface area (Å²) in [4.78, 5) is 55.0. The van der Waals surface area contributed by atoms with E-state index in [1.807, 2.05) is 6.92 Å². The molecule has 6 rings (SSSR count). The van der Waals surface area contributed by atoms with Crippen LogP contribution >= 0.6 is 11.6 Å². The highest BCUT2D eigenvalue weighted by Gasteiger charge is 2.46. The van der Waals surface area contributed by atoms with Crippen molar-refractivity contribution in [3.05, 3.63) is 60.9 Å². The average molecular weight is 552 g/mol. The Kier molecular flexibility index (Phi) is 5.82. The summed E-state index contributed by atoms with van der Waals surface area (Å²) in [5.74, 6) is -1.77. The van der Waals surface area contributed by atoms with E-state index in [4.69, 9.17) is 26.1 Å². The number of hydrogen-bond donors (Lipinski definition) is 2. The van der Waals surface area contributed by atoms with E-state index < -0.39 is 36.1 Å². The van der Waals surface area contributed by atoms with Crippen LogP contribution in [0, 0.1) is 6.92 Å². The van der Waals surface area contributed by atoms with Crippen molar-refractivity contribution in [2.75, 3.05) is 6.61 Å². The summed E-state index contributed by atoms with van der Waals surface area (Å²) in [6.07, 6.45) is 1.27. The predicted octanol–water partition coefficient (Wildman–Crippen LogP) is 2.71. The molecule has 2 atom stereocenters. The third-order valence-electron chi connectivity index (χ3n) is 8.12. The van der Waals surface area contributed by atoms with E-state index in [2.05, 4.69) is 5.32 Å². The van der Waals surface area contributed by atoms with Gasteiger partial charge in [0.2, 0.25) is 0 Å². The van der Waals surface area contributed by atoms with Gasteiger partial charge >= 0.3 is 11.9 Å². The Labute approximate surface area is 227 Å². The van der Waals surface area contributed by atoms with E-state index in [9.17, 15) is 24.3 Å². The largest absolute Gasteiger partial charge is 0.458 e. The van der Waals surface area contributed by atoms with Gasteiger partial charge in [-0.15, -0.1) is 0 Å². The van der Waals surface area contributed by atoms with Gasteiger partial charge in [0.05, 0.1) is 35.1 Å². The van der Waals surface area contributed by atoms with Gasteiger partial charge in [0.15, 0.2) is 12.2 Å². The SMILES string of the molecule is CC[C@@]1(O)C(=O)OCc2c1cc1n(c2=O)Cc2c-1nc1cc(Cl)c(C)c3c1c2[C@@H](NC(=O)COC(C)=O)CC3. The third-order valence-corrected chi connectivity index (χ3v) is 8.51. The first kappa shape index (κ1) is 25.5. The van der Waals surface area contributed by atoms with Gasteiger partial charge in [-0.25, -0.2) is 9.78 Å². The fourth-order valence-corrected chi connectivity index (χ4v) is 6.32. The first-order valence-corrected chi connectivity index (χ1v) is 13.2. The monoisotopic (exact) mass is 551 g/mol. The maximum absolute atomic E-state index is 13.7. The molecule has 4 heterocycles. The van der Waals surface area contributed by atoms with Gasteiger partial charge in [-0.3, -0.25) is 14.4 Å². The molecule has 2 N–H and O–H groups in total. The summed E-state index contributed by atoms with van der Waals surface area (Å²) in [6, 6.07) is 3.02. The summed E-state index contributed by atoms with van der Waals surface area (Å²) >= 11 is 6.59. The van der Waals surface area contributed by atoms with E-state index >= 15 is 0 Å². The summed E-state index contributed by atoms with van der Waals surface area (Å²) in [6.45, 7) is 4.42. The Bertz CT molecular complexity index is 1700. The number of halogens is 1. The minimum Gasteiger partial charge on any atom is -0.458 e. The zero-order valence-electron chi connectivity index (χ0n) is 21.6. The number of rotatable bonds is 4. The second-order valence-electron chi connectivity index (χ2n) is 10.3. The lowest BCUT2D eigenvalue weighted by Crippen LogP contribution is -2.44. The molecule has 39 heavy (non-hydrogen) atoms. The molecule has 0 bridgehead atoms. The van der Waals surface area contributed by atoms with Crippen molar-refractivity contribution < 1.29 is 29.0 Å². The first-order chi connectivity index (χ1) is 18.5. The molecule has 0 saturated carbocycles. The van der Waals surface area contributed by atoms with Crippen molar-refractivity contribution in [1.29, 1.82) is 0 Å². The number of amides is 1. The summed E-state index contributed by atoms with van der Waals surface area (Å²) in [7, 11) is 0. The van der Waals surface area contributed by atoms with Crippen molar-refractivity contribution in [3.63, 3.8) is 0 Å². The van der Waals surface area contributed by atoms with E-state index in [-0.39, 0.29) is 36.3 Å². The Morgan fingerprint density at radius 3 is 2.77 bits per heavy atom. The fraction of sp³-hybridized carbons (Fsp3) is 0.393. The van der Waals surface area contributed by atoms with Crippen LogP contribution in [-0.4, -0.2) is 39.1 Å². The zero-order chi connectivity index (χ0) is 27.8. The normalized spacial score (nSPS) is 20.6. The highest BCUT2D eigenvalue weighted by molar-refractivity contribution is 6.32. The number of carbonyl (C=O) groups is 3. The lowest BCUT2D eigenvalue weighted by atomic mass is 9.81. The van der Waals surface area contributed by atoms with Gasteiger partial charge < -0.3 is 24.5 Å². The molecule has 0 saturated heterocycles. The Hall–Kier alpha value is -3.76. The number of fused-ring (bicyclic) bond motifs is 5. The van der Waals surface area contributed by atoms with Crippen LogP contribution in [0.25, 0.3) is 22.3 Å². The van der Waals surface area contributed by atoms with Crippen molar-refractivity contribution >= 4 is 40.3 Å². The zero-order valence-corrected chi connectivity index (χ0v) is 22.4. The second-order valence-corrected chi connectivity index (χ2v) is 10.7. The van der Waals surface area contributed by atoms with Crippen LogP contribution in [0.4, 0.5) is 0 Å². The number of nitrogens with zero attached hydrogens (tertiary/aromatic N) is 2. The molecule has 1 amide bonds. The van der Waals surface area contributed by atoms with Gasteiger partial charge in [0.1, 0.15) is 6.61 Å². The highest BCUT2D eigenvalue weighted by atomic mass is 35.5. The van der Waals surface area contributed by atoms with Crippen LogP contribution in [0.2, 0.25) is 5.02 Å². The minimum absolute atomic E-state index is 0.0413. The number of benzene rings is 1. The van der Waals surface area contributed by atoms with E-state index in [0.29, 0.717) is 34.8 Å². The number of esters is 2. The smallest absolute Gasteiger partial charge is 0.343 e. The van der Waals surface area contributed by atoms with Crippen LogP contribution in [0.1, 0.15) is 66.1 Å². The van der Waals surface area contributed by atoms with E-state index in [1.54, 1.807) is 23.6 Å². The summed E-state index contributed by atoms with van der Waals surface area (Å²) in [5, 5.41) is 15.6. The van der Waals surface area contributed by atoms with E-state index in [0.717, 1.165) is 27.6 Å². The molecule has 2 aromatic heterocycles. The lowest BCUT2D eigenvalue weighted by Gasteiger charge is -2.31. The Morgan fingerprint density at radius 1 is 1.28 bits per heavy atom. The number of aryl methyl sites for hydroxylation is 1. The van der Waals surface area contributed by atoms with Gasteiger partial charge in [0.25, 0.3) is 11.5 Å². The molecule has 10 nitrogen and oxygen atoms in total. The van der Waals surface area contributed by atoms with Crippen molar-refractivity contribution in [2.24, 2.45) is 0 Å². The number of hydrogen-bond acceptors (Lipinski definition) is 8. The number of aromatic nitrogens is 2. The highest BCUT2D eigenvalue weighted by Crippen LogP contribution is 2.46.